The maximum absolute atomic E-state index is 13.1. The molecule has 5 rings (SSSR count). The number of hydrazine groups is 1. The van der Waals surface area contributed by atoms with Crippen LogP contribution in [0.4, 0.5) is 5.95 Å². The summed E-state index contributed by atoms with van der Waals surface area (Å²) in [5.74, 6) is 1.29. The van der Waals surface area contributed by atoms with Crippen molar-refractivity contribution in [3.05, 3.63) is 20.8 Å². The molecular weight excluding hydrogens is 358 g/mol. The van der Waals surface area contributed by atoms with Gasteiger partial charge in [-0.15, -0.1) is 0 Å². The molecule has 0 bridgehead atoms. The number of anilines is 1. The summed E-state index contributed by atoms with van der Waals surface area (Å²) in [4.78, 5) is 32.6. The predicted molar refractivity (Wildman–Crippen MR) is 107 cm³/mol. The molecule has 3 saturated heterocycles. The fourth-order valence-corrected chi connectivity index (χ4v) is 5.21. The van der Waals surface area contributed by atoms with E-state index >= 15 is 0 Å². The first-order valence-corrected chi connectivity index (χ1v) is 10.5. The number of hydrogen-bond donors (Lipinski definition) is 1. The van der Waals surface area contributed by atoms with Crippen LogP contribution in [0, 0.1) is 5.92 Å². The van der Waals surface area contributed by atoms with Gasteiger partial charge in [0.15, 0.2) is 11.2 Å². The molecule has 0 aliphatic carbocycles. The van der Waals surface area contributed by atoms with E-state index in [-0.39, 0.29) is 11.2 Å². The molecule has 5 heterocycles. The third-order valence-corrected chi connectivity index (χ3v) is 6.78. The van der Waals surface area contributed by atoms with Crippen molar-refractivity contribution in [3.8, 4) is 0 Å². The molecule has 0 radical (unpaired) electrons. The molecule has 0 aromatic carbocycles. The SMILES string of the molecule is Cn1c(=O)c2c(nc(N3CCCCC3)n2CC2CNN3CCCC23)n(C)c1=O. The van der Waals surface area contributed by atoms with Crippen LogP contribution >= 0.6 is 0 Å². The van der Waals surface area contributed by atoms with Gasteiger partial charge in [-0.25, -0.2) is 9.80 Å². The Hall–Kier alpha value is -2.13. The van der Waals surface area contributed by atoms with E-state index in [9.17, 15) is 9.59 Å². The molecule has 152 valence electrons. The second-order valence-electron chi connectivity index (χ2n) is 8.47. The first-order chi connectivity index (χ1) is 13.6. The summed E-state index contributed by atoms with van der Waals surface area (Å²) in [6, 6.07) is 0.517. The number of piperidine rings is 1. The van der Waals surface area contributed by atoms with Crippen LogP contribution < -0.4 is 21.6 Å². The van der Waals surface area contributed by atoms with Crippen molar-refractivity contribution in [2.75, 3.05) is 31.1 Å². The molecule has 2 atom stereocenters. The smallest absolute Gasteiger partial charge is 0.332 e. The van der Waals surface area contributed by atoms with Crippen molar-refractivity contribution in [2.45, 2.75) is 44.7 Å². The predicted octanol–water partition coefficient (Wildman–Crippen LogP) is 0.0228. The zero-order chi connectivity index (χ0) is 19.4. The number of nitrogens with zero attached hydrogens (tertiary/aromatic N) is 6. The molecule has 3 fully saturated rings. The Balaban J connectivity index is 1.66. The highest BCUT2D eigenvalue weighted by molar-refractivity contribution is 5.74. The standard InChI is InChI=1S/C19H29N7O2/c1-22-16-15(17(27)23(2)19(22)28)25(18(21-16)24-8-4-3-5-9-24)12-13-11-20-26-10-6-7-14(13)26/h13-14,20H,3-12H2,1-2H3. The average molecular weight is 387 g/mol. The van der Waals surface area contributed by atoms with E-state index < -0.39 is 0 Å². The molecule has 9 heteroatoms. The van der Waals surface area contributed by atoms with Crippen LogP contribution in [0.5, 0.6) is 0 Å². The zero-order valence-electron chi connectivity index (χ0n) is 16.7. The largest absolute Gasteiger partial charge is 0.342 e. The van der Waals surface area contributed by atoms with Gasteiger partial charge in [-0.05, 0) is 32.1 Å². The second-order valence-corrected chi connectivity index (χ2v) is 8.47. The molecular formula is C19H29N7O2. The van der Waals surface area contributed by atoms with Crippen LogP contribution in [0.3, 0.4) is 0 Å². The van der Waals surface area contributed by atoms with Crippen molar-refractivity contribution < 1.29 is 0 Å². The normalized spacial score (nSPS) is 25.7. The van der Waals surface area contributed by atoms with Crippen molar-refractivity contribution in [1.82, 2.24) is 29.1 Å². The third kappa shape index (κ3) is 2.63. The third-order valence-electron chi connectivity index (χ3n) is 6.78. The van der Waals surface area contributed by atoms with E-state index in [1.807, 2.05) is 0 Å². The highest BCUT2D eigenvalue weighted by atomic mass is 16.2. The Kier molecular flexibility index (Phi) is 4.31. The number of nitrogens with one attached hydrogen (secondary N) is 1. The lowest BCUT2D eigenvalue weighted by Gasteiger charge is -2.29. The molecule has 2 unspecified atom stereocenters. The molecule has 3 aliphatic heterocycles. The summed E-state index contributed by atoms with van der Waals surface area (Å²) in [6.07, 6.45) is 5.93. The van der Waals surface area contributed by atoms with Crippen LogP contribution in [0.1, 0.15) is 32.1 Å². The molecule has 28 heavy (non-hydrogen) atoms. The number of aryl methyl sites for hydroxylation is 1. The Morgan fingerprint density at radius 3 is 2.61 bits per heavy atom. The average Bonchev–Trinajstić information content (AvgIpc) is 3.41. The van der Waals surface area contributed by atoms with E-state index in [1.165, 1.54) is 28.4 Å². The second kappa shape index (κ2) is 6.73. The van der Waals surface area contributed by atoms with Gasteiger partial charge in [0.1, 0.15) is 0 Å². The van der Waals surface area contributed by atoms with Crippen molar-refractivity contribution >= 4 is 17.1 Å². The van der Waals surface area contributed by atoms with E-state index in [0.717, 1.165) is 51.5 Å². The Bertz CT molecular complexity index is 1010. The summed E-state index contributed by atoms with van der Waals surface area (Å²) in [7, 11) is 3.26. The van der Waals surface area contributed by atoms with Gasteiger partial charge in [-0.3, -0.25) is 19.4 Å². The van der Waals surface area contributed by atoms with Gasteiger partial charge in [0.2, 0.25) is 5.95 Å². The topological polar surface area (TPSA) is 80.3 Å². The van der Waals surface area contributed by atoms with Gasteiger partial charge in [-0.2, -0.15) is 4.98 Å². The Morgan fingerprint density at radius 2 is 1.82 bits per heavy atom. The monoisotopic (exact) mass is 387 g/mol. The van der Waals surface area contributed by atoms with E-state index in [4.69, 9.17) is 4.98 Å². The van der Waals surface area contributed by atoms with Gasteiger partial charge in [-0.1, -0.05) is 0 Å². The molecule has 1 N–H and O–H groups in total. The van der Waals surface area contributed by atoms with Crippen LogP contribution in [0.2, 0.25) is 0 Å². The van der Waals surface area contributed by atoms with Gasteiger partial charge < -0.3 is 9.47 Å². The number of rotatable bonds is 3. The fourth-order valence-electron chi connectivity index (χ4n) is 5.21. The lowest BCUT2D eigenvalue weighted by atomic mass is 9.99. The Labute approximate surface area is 163 Å². The van der Waals surface area contributed by atoms with Crippen molar-refractivity contribution in [1.29, 1.82) is 0 Å². The summed E-state index contributed by atoms with van der Waals surface area (Å²) >= 11 is 0. The summed E-state index contributed by atoms with van der Waals surface area (Å²) in [5, 5.41) is 2.36. The highest BCUT2D eigenvalue weighted by Crippen LogP contribution is 2.31. The van der Waals surface area contributed by atoms with E-state index in [1.54, 1.807) is 14.1 Å². The zero-order valence-corrected chi connectivity index (χ0v) is 16.7. The maximum Gasteiger partial charge on any atom is 0.332 e. The van der Waals surface area contributed by atoms with Crippen LogP contribution in [0.15, 0.2) is 9.59 Å². The number of fused-ring (bicyclic) bond motifs is 2. The minimum absolute atomic E-state index is 0.247. The first-order valence-electron chi connectivity index (χ1n) is 10.5. The van der Waals surface area contributed by atoms with Crippen molar-refractivity contribution in [2.24, 2.45) is 20.0 Å². The molecule has 0 spiro atoms. The number of imidazole rings is 1. The Morgan fingerprint density at radius 1 is 1.04 bits per heavy atom. The lowest BCUT2D eigenvalue weighted by molar-refractivity contribution is 0.224. The van der Waals surface area contributed by atoms with Crippen LogP contribution in [0.25, 0.3) is 11.2 Å². The number of aromatic nitrogens is 4. The minimum Gasteiger partial charge on any atom is -0.342 e. The minimum atomic E-state index is -0.322. The summed E-state index contributed by atoms with van der Waals surface area (Å²) in [6.45, 7) is 4.69. The van der Waals surface area contributed by atoms with Gasteiger partial charge in [0.05, 0.1) is 0 Å². The maximum atomic E-state index is 13.1. The van der Waals surface area contributed by atoms with E-state index in [2.05, 4.69) is 19.9 Å². The van der Waals surface area contributed by atoms with E-state index in [0.29, 0.717) is 23.1 Å². The van der Waals surface area contributed by atoms with Crippen LogP contribution in [-0.4, -0.2) is 55.9 Å². The fraction of sp³-hybridized carbons (Fsp3) is 0.737. The molecule has 2 aromatic heterocycles. The quantitative estimate of drug-likeness (QED) is 0.800. The van der Waals surface area contributed by atoms with Crippen molar-refractivity contribution in [3.63, 3.8) is 0 Å². The van der Waals surface area contributed by atoms with Gasteiger partial charge in [0.25, 0.3) is 5.56 Å². The summed E-state index contributed by atoms with van der Waals surface area (Å²) < 4.78 is 4.82. The molecule has 3 aliphatic rings. The molecule has 2 aromatic rings. The lowest BCUT2D eigenvalue weighted by Crippen LogP contribution is -2.38. The van der Waals surface area contributed by atoms with Gasteiger partial charge in [0, 0.05) is 58.8 Å². The summed E-state index contributed by atoms with van der Waals surface area (Å²) in [5.41, 5.74) is 4.01. The van der Waals surface area contributed by atoms with Gasteiger partial charge >= 0.3 is 5.69 Å². The highest BCUT2D eigenvalue weighted by Gasteiger charge is 2.38. The first kappa shape index (κ1) is 17.9. The molecule has 9 nitrogen and oxygen atoms in total. The molecule has 0 amide bonds. The number of hydrogen-bond acceptors (Lipinski definition) is 6. The van der Waals surface area contributed by atoms with Crippen LogP contribution in [-0.2, 0) is 20.6 Å². The molecule has 0 saturated carbocycles.